The molecule has 2 heterocycles. The molecule has 1 aliphatic heterocycles. The molecular formula is C21H15N3O4. The first-order chi connectivity index (χ1) is 13.6. The summed E-state index contributed by atoms with van der Waals surface area (Å²) in [6.45, 7) is 0. The summed E-state index contributed by atoms with van der Waals surface area (Å²) in [5.74, 6) is -2.22. The van der Waals surface area contributed by atoms with Gasteiger partial charge in [-0.1, -0.05) is 48.5 Å². The van der Waals surface area contributed by atoms with E-state index in [4.69, 9.17) is 4.42 Å². The largest absolute Gasteiger partial charge is 0.459 e. The van der Waals surface area contributed by atoms with Gasteiger partial charge in [-0.15, -0.1) is 0 Å². The first-order valence-electron chi connectivity index (χ1n) is 8.55. The molecular weight excluding hydrogens is 358 g/mol. The van der Waals surface area contributed by atoms with Crippen molar-refractivity contribution < 1.29 is 18.8 Å². The van der Waals surface area contributed by atoms with Crippen molar-refractivity contribution in [2.24, 2.45) is 4.99 Å². The fourth-order valence-electron chi connectivity index (χ4n) is 2.91. The zero-order valence-electron chi connectivity index (χ0n) is 14.6. The van der Waals surface area contributed by atoms with Crippen molar-refractivity contribution >= 4 is 29.1 Å². The van der Waals surface area contributed by atoms with Crippen molar-refractivity contribution in [3.8, 4) is 0 Å². The van der Waals surface area contributed by atoms with Gasteiger partial charge in [-0.3, -0.25) is 24.7 Å². The third-order valence-electron chi connectivity index (χ3n) is 4.22. The first kappa shape index (κ1) is 17.4. The number of nitrogens with zero attached hydrogens (tertiary/aromatic N) is 1. The van der Waals surface area contributed by atoms with Crippen LogP contribution in [-0.4, -0.2) is 29.5 Å². The highest BCUT2D eigenvalue weighted by atomic mass is 16.3. The van der Waals surface area contributed by atoms with E-state index in [1.54, 1.807) is 12.1 Å². The summed E-state index contributed by atoms with van der Waals surface area (Å²) in [4.78, 5) is 41.8. The van der Waals surface area contributed by atoms with E-state index in [1.807, 2.05) is 42.5 Å². The van der Waals surface area contributed by atoms with Crippen LogP contribution in [0, 0.1) is 0 Å². The predicted molar refractivity (Wildman–Crippen MR) is 102 cm³/mol. The van der Waals surface area contributed by atoms with E-state index in [-0.39, 0.29) is 5.76 Å². The van der Waals surface area contributed by atoms with E-state index in [0.29, 0.717) is 17.0 Å². The molecule has 138 valence electrons. The number of rotatable bonds is 3. The number of carbonyl (C=O) groups excluding carboxylic acids is 3. The highest BCUT2D eigenvalue weighted by Gasteiger charge is 2.32. The number of aliphatic imine (C=N–C) groups is 1. The Morgan fingerprint density at radius 3 is 2.46 bits per heavy atom. The van der Waals surface area contributed by atoms with E-state index in [1.165, 1.54) is 18.4 Å². The highest BCUT2D eigenvalue weighted by molar-refractivity contribution is 6.24. The van der Waals surface area contributed by atoms with Crippen LogP contribution in [0.15, 0.2) is 82.4 Å². The smallest absolute Gasteiger partial charge is 0.293 e. The Balaban J connectivity index is 1.72. The van der Waals surface area contributed by atoms with Gasteiger partial charge in [0.25, 0.3) is 17.7 Å². The van der Waals surface area contributed by atoms with Gasteiger partial charge >= 0.3 is 0 Å². The van der Waals surface area contributed by atoms with Crippen molar-refractivity contribution in [3.63, 3.8) is 0 Å². The number of hydrogen-bond donors (Lipinski definition) is 2. The molecule has 1 aromatic heterocycles. The van der Waals surface area contributed by atoms with Gasteiger partial charge in [0.1, 0.15) is 0 Å². The number of benzene rings is 2. The standard InChI is InChI=1S/C21H15N3O4/c25-19(16-11-6-12-28-16)24-21(27)18-20(26)22-15-10-5-4-9-14(15)17(23-18)13-7-2-1-3-8-13/h1-12,18H,(H,22,26)(H,24,25,27). The maximum absolute atomic E-state index is 12.7. The average Bonchev–Trinajstić information content (AvgIpc) is 3.20. The predicted octanol–water partition coefficient (Wildman–Crippen LogP) is 2.39. The molecule has 3 amide bonds. The summed E-state index contributed by atoms with van der Waals surface area (Å²) in [5, 5.41) is 4.88. The SMILES string of the molecule is O=C(NC(=O)C1N=C(c2ccccc2)c2ccccc2NC1=O)c1ccco1. The van der Waals surface area contributed by atoms with E-state index in [0.717, 1.165) is 5.56 Å². The Bertz CT molecular complexity index is 1070. The molecule has 0 radical (unpaired) electrons. The van der Waals surface area contributed by atoms with Gasteiger partial charge in [0, 0.05) is 11.1 Å². The maximum atomic E-state index is 12.7. The van der Waals surface area contributed by atoms with Gasteiger partial charge in [-0.2, -0.15) is 0 Å². The molecule has 2 aromatic carbocycles. The summed E-state index contributed by atoms with van der Waals surface area (Å²) in [7, 11) is 0. The van der Waals surface area contributed by atoms with Crippen LogP contribution in [0.4, 0.5) is 5.69 Å². The lowest BCUT2D eigenvalue weighted by molar-refractivity contribution is -0.127. The number of imide groups is 1. The number of carbonyl (C=O) groups is 3. The summed E-state index contributed by atoms with van der Waals surface area (Å²) < 4.78 is 4.98. The molecule has 1 atom stereocenters. The van der Waals surface area contributed by atoms with Crippen LogP contribution in [0.1, 0.15) is 21.7 Å². The second-order valence-corrected chi connectivity index (χ2v) is 6.08. The van der Waals surface area contributed by atoms with Crippen molar-refractivity contribution in [2.75, 3.05) is 5.32 Å². The number of benzodiazepines with no additional fused rings is 1. The van der Waals surface area contributed by atoms with E-state index >= 15 is 0 Å². The van der Waals surface area contributed by atoms with Gasteiger partial charge in [0.05, 0.1) is 17.7 Å². The van der Waals surface area contributed by atoms with Crippen molar-refractivity contribution in [1.29, 1.82) is 0 Å². The van der Waals surface area contributed by atoms with Crippen LogP contribution in [0.3, 0.4) is 0 Å². The van der Waals surface area contributed by atoms with Gasteiger partial charge in [-0.05, 0) is 18.2 Å². The molecule has 1 aliphatic rings. The number of furan rings is 1. The van der Waals surface area contributed by atoms with E-state index in [2.05, 4.69) is 15.6 Å². The van der Waals surface area contributed by atoms with Crippen LogP contribution >= 0.6 is 0 Å². The number of fused-ring (bicyclic) bond motifs is 1. The molecule has 7 heteroatoms. The Labute approximate surface area is 160 Å². The molecule has 0 saturated carbocycles. The Morgan fingerprint density at radius 1 is 0.964 bits per heavy atom. The lowest BCUT2D eigenvalue weighted by Crippen LogP contribution is -2.43. The summed E-state index contributed by atoms with van der Waals surface area (Å²) in [6, 6.07) is 17.9. The van der Waals surface area contributed by atoms with Crippen LogP contribution in [0.5, 0.6) is 0 Å². The quantitative estimate of drug-likeness (QED) is 0.544. The Kier molecular flexibility index (Phi) is 4.55. The topological polar surface area (TPSA) is 101 Å². The minimum Gasteiger partial charge on any atom is -0.459 e. The molecule has 7 nitrogen and oxygen atoms in total. The van der Waals surface area contributed by atoms with E-state index < -0.39 is 23.8 Å². The zero-order chi connectivity index (χ0) is 19.5. The number of amides is 3. The van der Waals surface area contributed by atoms with Gasteiger partial charge in [0.15, 0.2) is 5.76 Å². The third-order valence-corrected chi connectivity index (χ3v) is 4.22. The maximum Gasteiger partial charge on any atom is 0.293 e. The number of nitrogens with one attached hydrogen (secondary N) is 2. The van der Waals surface area contributed by atoms with Gasteiger partial charge < -0.3 is 9.73 Å². The minimum atomic E-state index is -1.43. The van der Waals surface area contributed by atoms with Gasteiger partial charge in [-0.25, -0.2) is 0 Å². The van der Waals surface area contributed by atoms with Crippen molar-refractivity contribution in [3.05, 3.63) is 89.9 Å². The first-order valence-corrected chi connectivity index (χ1v) is 8.55. The summed E-state index contributed by atoms with van der Waals surface area (Å²) in [5.41, 5.74) is 2.47. The third kappa shape index (κ3) is 3.33. The van der Waals surface area contributed by atoms with Crippen LogP contribution in [0.2, 0.25) is 0 Å². The highest BCUT2D eigenvalue weighted by Crippen LogP contribution is 2.24. The molecule has 0 saturated heterocycles. The van der Waals surface area contributed by atoms with Crippen LogP contribution in [-0.2, 0) is 9.59 Å². The molecule has 0 aliphatic carbocycles. The van der Waals surface area contributed by atoms with Gasteiger partial charge in [0.2, 0.25) is 6.04 Å². The number of hydrogen-bond acceptors (Lipinski definition) is 5. The van der Waals surface area contributed by atoms with E-state index in [9.17, 15) is 14.4 Å². The molecule has 2 N–H and O–H groups in total. The average molecular weight is 373 g/mol. The number of para-hydroxylation sites is 1. The second kappa shape index (κ2) is 7.32. The molecule has 0 fully saturated rings. The monoisotopic (exact) mass is 373 g/mol. The summed E-state index contributed by atoms with van der Waals surface area (Å²) in [6.07, 6.45) is 1.32. The fourth-order valence-corrected chi connectivity index (χ4v) is 2.91. The van der Waals surface area contributed by atoms with Crippen LogP contribution < -0.4 is 10.6 Å². The lowest BCUT2D eigenvalue weighted by atomic mass is 10.0. The Morgan fingerprint density at radius 2 is 1.71 bits per heavy atom. The molecule has 1 unspecified atom stereocenters. The zero-order valence-corrected chi connectivity index (χ0v) is 14.6. The normalized spacial score (nSPS) is 15.6. The molecule has 3 aromatic rings. The molecule has 4 rings (SSSR count). The van der Waals surface area contributed by atoms with Crippen molar-refractivity contribution in [2.45, 2.75) is 6.04 Å². The molecule has 0 spiro atoms. The summed E-state index contributed by atoms with van der Waals surface area (Å²) >= 11 is 0. The Hall–Kier alpha value is -4.00. The van der Waals surface area contributed by atoms with Crippen LogP contribution in [0.25, 0.3) is 0 Å². The number of anilines is 1. The lowest BCUT2D eigenvalue weighted by Gasteiger charge is -2.10. The van der Waals surface area contributed by atoms with Crippen molar-refractivity contribution in [1.82, 2.24) is 5.32 Å². The second-order valence-electron chi connectivity index (χ2n) is 6.08. The minimum absolute atomic E-state index is 0.0297. The molecule has 0 bridgehead atoms. The molecule has 28 heavy (non-hydrogen) atoms. The fraction of sp³-hybridized carbons (Fsp3) is 0.0476.